The predicted molar refractivity (Wildman–Crippen MR) is 312 cm³/mol. The number of hydrogen-bond donors (Lipinski definition) is 0. The van der Waals surface area contributed by atoms with E-state index in [0.717, 1.165) is 118 Å². The molecule has 74 heavy (non-hydrogen) atoms. The summed E-state index contributed by atoms with van der Waals surface area (Å²) in [5, 5.41) is 0. The first-order valence-corrected chi connectivity index (χ1v) is 32.2. The Morgan fingerprint density at radius 3 is 1.36 bits per heavy atom. The lowest BCUT2D eigenvalue weighted by molar-refractivity contribution is -0.167. The van der Waals surface area contributed by atoms with E-state index in [0.29, 0.717) is 19.3 Å². The molecule has 4 bridgehead atoms. The van der Waals surface area contributed by atoms with Crippen LogP contribution in [-0.4, -0.2) is 37.2 Å². The van der Waals surface area contributed by atoms with Gasteiger partial charge in [-0.3, -0.25) is 14.4 Å². The molecule has 0 aromatic rings. The number of allylic oxidation sites excluding steroid dienone is 10. The standard InChI is InChI=1S/C68H114O6/c1-5-8-11-13-15-16-17-18-19-20-21-22-26-32-39-46-66(69)72-54-60(55-73-67(70)47-40-33-27-24-23-25-30-36-43-62-58-50-49-57(52-58)61(62)42-35-10-7-3)74-68(71)48-41-34-28-31-38-45-64-63(44-37-29-14-12-9-6-2)59-51-56(4)65(64)53-59/h10,29-30,35-37,49-51,57-65H,5-9,11-28,31-34,38-48,52-55H2,1-4H3/b35-10-,36-30-,37-29-. The molecule has 0 radical (unpaired) electrons. The molecule has 422 valence electrons. The third-order valence-corrected chi connectivity index (χ3v) is 17.8. The van der Waals surface area contributed by atoms with Crippen molar-refractivity contribution in [2.24, 2.45) is 47.3 Å². The number of unbranched alkanes of at least 4 members (excludes halogenated alkanes) is 26. The molecule has 0 saturated heterocycles. The van der Waals surface area contributed by atoms with Gasteiger partial charge in [0.2, 0.25) is 0 Å². The summed E-state index contributed by atoms with van der Waals surface area (Å²) >= 11 is 0. The zero-order valence-electron chi connectivity index (χ0n) is 48.5. The van der Waals surface area contributed by atoms with Gasteiger partial charge >= 0.3 is 17.9 Å². The summed E-state index contributed by atoms with van der Waals surface area (Å²) in [6.07, 6.45) is 67.2. The first-order valence-electron chi connectivity index (χ1n) is 32.2. The molecule has 4 aliphatic rings. The summed E-state index contributed by atoms with van der Waals surface area (Å²) in [6, 6.07) is 0. The van der Waals surface area contributed by atoms with E-state index in [9.17, 15) is 14.4 Å². The first kappa shape index (κ1) is 63.6. The second-order valence-corrected chi connectivity index (χ2v) is 23.8. The summed E-state index contributed by atoms with van der Waals surface area (Å²) < 4.78 is 17.1. The van der Waals surface area contributed by atoms with Crippen LogP contribution in [0.1, 0.15) is 285 Å². The number of carbonyl (C=O) groups excluding carboxylic acids is 3. The van der Waals surface area contributed by atoms with Gasteiger partial charge in [-0.25, -0.2) is 0 Å². The summed E-state index contributed by atoms with van der Waals surface area (Å²) in [7, 11) is 0. The van der Waals surface area contributed by atoms with E-state index in [4.69, 9.17) is 14.2 Å². The molecule has 2 saturated carbocycles. The van der Waals surface area contributed by atoms with Gasteiger partial charge in [-0.2, -0.15) is 0 Å². The third-order valence-electron chi connectivity index (χ3n) is 17.8. The van der Waals surface area contributed by atoms with Gasteiger partial charge in [-0.15, -0.1) is 0 Å². The van der Waals surface area contributed by atoms with E-state index in [2.05, 4.69) is 82.4 Å². The molecule has 0 aromatic heterocycles. The molecule has 6 nitrogen and oxygen atoms in total. The van der Waals surface area contributed by atoms with Gasteiger partial charge in [0.15, 0.2) is 6.10 Å². The largest absolute Gasteiger partial charge is 0.462 e. The van der Waals surface area contributed by atoms with Gasteiger partial charge in [-0.05, 0) is 144 Å². The van der Waals surface area contributed by atoms with Gasteiger partial charge in [0.1, 0.15) is 13.2 Å². The topological polar surface area (TPSA) is 78.9 Å². The normalized spacial score (nSPS) is 23.3. The van der Waals surface area contributed by atoms with Crippen LogP contribution in [0.3, 0.4) is 0 Å². The number of carbonyl (C=O) groups is 3. The Morgan fingerprint density at radius 2 is 0.865 bits per heavy atom. The fourth-order valence-corrected chi connectivity index (χ4v) is 13.4. The Labute approximate surface area is 456 Å². The van der Waals surface area contributed by atoms with E-state index < -0.39 is 6.10 Å². The molecule has 0 amide bonds. The van der Waals surface area contributed by atoms with E-state index >= 15 is 0 Å². The smallest absolute Gasteiger partial charge is 0.306 e. The lowest BCUT2D eigenvalue weighted by Crippen LogP contribution is -2.30. The molecule has 4 rings (SSSR count). The Kier molecular flexibility index (Phi) is 35.5. The number of rotatable bonds is 48. The monoisotopic (exact) mass is 1030 g/mol. The molecule has 4 aliphatic carbocycles. The zero-order chi connectivity index (χ0) is 52.7. The van der Waals surface area contributed by atoms with Crippen molar-refractivity contribution in [1.29, 1.82) is 0 Å². The second kappa shape index (κ2) is 41.2. The van der Waals surface area contributed by atoms with Crippen LogP contribution in [0.4, 0.5) is 0 Å². The van der Waals surface area contributed by atoms with E-state index in [1.165, 1.54) is 167 Å². The Balaban J connectivity index is 1.08. The maximum atomic E-state index is 13.1. The van der Waals surface area contributed by atoms with E-state index in [1.807, 2.05) is 0 Å². The molecular weight excluding hydrogens is 913 g/mol. The maximum Gasteiger partial charge on any atom is 0.306 e. The Morgan fingerprint density at radius 1 is 0.459 bits per heavy atom. The number of hydrogen-bond acceptors (Lipinski definition) is 6. The average molecular weight is 1030 g/mol. The van der Waals surface area contributed by atoms with Crippen LogP contribution in [0.2, 0.25) is 0 Å². The van der Waals surface area contributed by atoms with Crippen molar-refractivity contribution in [3.05, 3.63) is 60.3 Å². The summed E-state index contributed by atoms with van der Waals surface area (Å²) in [6.45, 7) is 8.97. The highest BCUT2D eigenvalue weighted by molar-refractivity contribution is 5.71. The Bertz CT molecular complexity index is 1620. The minimum atomic E-state index is -0.785. The fraction of sp³-hybridized carbons (Fsp3) is 0.809. The summed E-state index contributed by atoms with van der Waals surface area (Å²) in [4.78, 5) is 38.8. The molecule has 0 aliphatic heterocycles. The lowest BCUT2D eigenvalue weighted by Gasteiger charge is -2.30. The van der Waals surface area contributed by atoms with Crippen molar-refractivity contribution < 1.29 is 28.6 Å². The van der Waals surface area contributed by atoms with Crippen LogP contribution in [0.25, 0.3) is 0 Å². The highest BCUT2D eigenvalue weighted by Gasteiger charge is 2.45. The fourth-order valence-electron chi connectivity index (χ4n) is 13.4. The van der Waals surface area contributed by atoms with Crippen LogP contribution in [-0.2, 0) is 28.6 Å². The second-order valence-electron chi connectivity index (χ2n) is 23.8. The van der Waals surface area contributed by atoms with Crippen LogP contribution in [0.5, 0.6) is 0 Å². The van der Waals surface area contributed by atoms with Crippen molar-refractivity contribution in [3.8, 4) is 0 Å². The molecule has 0 N–H and O–H groups in total. The van der Waals surface area contributed by atoms with Gasteiger partial charge in [0.25, 0.3) is 0 Å². The van der Waals surface area contributed by atoms with Crippen molar-refractivity contribution in [2.45, 2.75) is 291 Å². The van der Waals surface area contributed by atoms with Crippen LogP contribution >= 0.6 is 0 Å². The highest BCUT2D eigenvalue weighted by atomic mass is 16.6. The van der Waals surface area contributed by atoms with Crippen LogP contribution in [0.15, 0.2) is 60.3 Å². The summed E-state index contributed by atoms with van der Waals surface area (Å²) in [5.74, 6) is 5.50. The zero-order valence-corrected chi connectivity index (χ0v) is 48.5. The van der Waals surface area contributed by atoms with Crippen molar-refractivity contribution >= 4 is 17.9 Å². The minimum Gasteiger partial charge on any atom is -0.462 e. The van der Waals surface area contributed by atoms with Gasteiger partial charge in [0, 0.05) is 19.3 Å². The van der Waals surface area contributed by atoms with E-state index in [1.54, 1.807) is 5.57 Å². The van der Waals surface area contributed by atoms with Gasteiger partial charge in [-0.1, -0.05) is 229 Å². The summed E-state index contributed by atoms with van der Waals surface area (Å²) in [5.41, 5.74) is 1.63. The Hall–Kier alpha value is -2.89. The number of esters is 3. The first-order chi connectivity index (χ1) is 36.3. The lowest BCUT2D eigenvalue weighted by atomic mass is 9.75. The predicted octanol–water partition coefficient (Wildman–Crippen LogP) is 19.8. The molecule has 0 heterocycles. The number of ether oxygens (including phenoxy) is 3. The molecule has 9 unspecified atom stereocenters. The van der Waals surface area contributed by atoms with Crippen LogP contribution < -0.4 is 0 Å². The molecule has 0 spiro atoms. The third kappa shape index (κ3) is 26.9. The highest BCUT2D eigenvalue weighted by Crippen LogP contribution is 2.55. The molecule has 9 atom stereocenters. The minimum absolute atomic E-state index is 0.0753. The van der Waals surface area contributed by atoms with Crippen molar-refractivity contribution in [3.63, 3.8) is 0 Å². The SMILES string of the molecule is CC/C=C\CC1C2C=CC(C2)C1C/C=C\CCCCCCCC(=O)OCC(COC(=O)CCCCCCCCCCCCCCCCC)OC(=O)CCCCCCCC1C2CC(C=C2C)C1C/C=C\CCCCC. The van der Waals surface area contributed by atoms with Gasteiger partial charge in [0.05, 0.1) is 0 Å². The molecule has 2 fully saturated rings. The van der Waals surface area contributed by atoms with Crippen molar-refractivity contribution in [2.75, 3.05) is 13.2 Å². The molecule has 0 aromatic carbocycles. The quantitative estimate of drug-likeness (QED) is 0.0261. The maximum absolute atomic E-state index is 13.1. The number of fused-ring (bicyclic) bond motifs is 4. The van der Waals surface area contributed by atoms with Gasteiger partial charge < -0.3 is 14.2 Å². The molecular formula is C68H114O6. The average Bonchev–Trinajstić information content (AvgIpc) is 4.19. The van der Waals surface area contributed by atoms with Crippen molar-refractivity contribution in [1.82, 2.24) is 0 Å². The molecule has 6 heteroatoms. The van der Waals surface area contributed by atoms with Crippen LogP contribution in [0, 0.1) is 47.3 Å². The van der Waals surface area contributed by atoms with E-state index in [-0.39, 0.29) is 31.1 Å².